The van der Waals surface area contributed by atoms with Gasteiger partial charge in [0.1, 0.15) is 0 Å². The highest BCUT2D eigenvalue weighted by Crippen LogP contribution is 2.47. The number of hydrogen-bond acceptors (Lipinski definition) is 3. The molecule has 3 atom stereocenters. The number of methoxy groups -OCH3 is 1. The number of fused-ring (bicyclic) bond motifs is 1. The van der Waals surface area contributed by atoms with Crippen LogP contribution in [-0.4, -0.2) is 46.4 Å². The molecule has 1 aliphatic heterocycles. The first kappa shape index (κ1) is 15.5. The number of amides is 1. The van der Waals surface area contributed by atoms with E-state index >= 15 is 0 Å². The lowest BCUT2D eigenvalue weighted by atomic mass is 9.71. The number of aromatic nitrogens is 2. The summed E-state index contributed by atoms with van der Waals surface area (Å²) in [5.74, 6) is 0.0971. The molecule has 1 saturated heterocycles. The summed E-state index contributed by atoms with van der Waals surface area (Å²) in [7, 11) is 1.80. The monoisotopic (exact) mass is 305 g/mol. The lowest BCUT2D eigenvalue weighted by Crippen LogP contribution is -2.46. The number of likely N-dealkylation sites (tertiary alicyclic amines) is 1. The predicted octanol–water partition coefficient (Wildman–Crippen LogP) is 2.63. The largest absolute Gasteiger partial charge is 0.381 e. The Morgan fingerprint density at radius 3 is 2.91 bits per heavy atom. The summed E-state index contributed by atoms with van der Waals surface area (Å²) in [6, 6.07) is 2.25. The third-order valence-electron chi connectivity index (χ3n) is 5.65. The zero-order valence-corrected chi connectivity index (χ0v) is 14.1. The van der Waals surface area contributed by atoms with Crippen LogP contribution in [0.1, 0.15) is 55.7 Å². The topological polar surface area (TPSA) is 47.4 Å². The van der Waals surface area contributed by atoms with Gasteiger partial charge in [0, 0.05) is 31.9 Å². The molecule has 0 radical (unpaired) electrons. The van der Waals surface area contributed by atoms with E-state index in [1.165, 1.54) is 0 Å². The Bertz CT molecular complexity index is 568. The molecule has 1 aromatic heterocycles. The van der Waals surface area contributed by atoms with E-state index in [1.54, 1.807) is 7.11 Å². The first-order valence-corrected chi connectivity index (χ1v) is 8.36. The molecular weight excluding hydrogens is 278 g/mol. The van der Waals surface area contributed by atoms with Crippen molar-refractivity contribution in [2.24, 2.45) is 5.41 Å². The van der Waals surface area contributed by atoms with Crippen molar-refractivity contribution in [1.29, 1.82) is 0 Å². The number of carbonyl (C=O) groups is 1. The number of aryl methyl sites for hydroxylation is 2. The van der Waals surface area contributed by atoms with E-state index in [0.29, 0.717) is 17.8 Å². The first-order chi connectivity index (χ1) is 10.5. The maximum Gasteiger partial charge on any atom is 0.274 e. The molecule has 2 aliphatic rings. The highest BCUT2D eigenvalue weighted by Gasteiger charge is 2.49. The van der Waals surface area contributed by atoms with Crippen LogP contribution in [-0.2, 0) is 11.3 Å². The van der Waals surface area contributed by atoms with E-state index in [1.807, 2.05) is 24.6 Å². The van der Waals surface area contributed by atoms with Gasteiger partial charge < -0.3 is 9.64 Å². The summed E-state index contributed by atoms with van der Waals surface area (Å²) in [4.78, 5) is 15.0. The Morgan fingerprint density at radius 1 is 1.50 bits per heavy atom. The molecule has 0 aromatic carbocycles. The summed E-state index contributed by atoms with van der Waals surface area (Å²) >= 11 is 0. The van der Waals surface area contributed by atoms with Crippen molar-refractivity contribution in [2.45, 2.75) is 65.1 Å². The van der Waals surface area contributed by atoms with Gasteiger partial charge in [0.15, 0.2) is 5.69 Å². The van der Waals surface area contributed by atoms with E-state index in [2.05, 4.69) is 16.9 Å². The van der Waals surface area contributed by atoms with Crippen molar-refractivity contribution in [3.05, 3.63) is 17.5 Å². The van der Waals surface area contributed by atoms with Gasteiger partial charge in [-0.25, -0.2) is 0 Å². The highest BCUT2D eigenvalue weighted by molar-refractivity contribution is 5.93. The van der Waals surface area contributed by atoms with E-state index in [9.17, 15) is 4.79 Å². The fourth-order valence-electron chi connectivity index (χ4n) is 4.31. The fraction of sp³-hybridized carbons (Fsp3) is 0.765. The lowest BCUT2D eigenvalue weighted by molar-refractivity contribution is -0.00288. The Hall–Kier alpha value is -1.36. The molecule has 1 saturated carbocycles. The second-order valence-electron chi connectivity index (χ2n) is 7.04. The highest BCUT2D eigenvalue weighted by atomic mass is 16.5. The fourth-order valence-corrected chi connectivity index (χ4v) is 4.31. The minimum atomic E-state index is 0.0971. The van der Waals surface area contributed by atoms with Crippen LogP contribution in [0.2, 0.25) is 0 Å². The number of rotatable bonds is 3. The van der Waals surface area contributed by atoms with Gasteiger partial charge in [0.25, 0.3) is 5.91 Å². The molecule has 5 nitrogen and oxygen atoms in total. The molecular formula is C17H27N3O2. The second-order valence-corrected chi connectivity index (χ2v) is 7.04. The number of carbonyl (C=O) groups excluding carboxylic acids is 1. The molecule has 1 aliphatic carbocycles. The van der Waals surface area contributed by atoms with Crippen molar-refractivity contribution >= 4 is 5.91 Å². The van der Waals surface area contributed by atoms with E-state index < -0.39 is 0 Å². The van der Waals surface area contributed by atoms with Crippen molar-refractivity contribution in [2.75, 3.05) is 13.7 Å². The van der Waals surface area contributed by atoms with Crippen LogP contribution in [0.25, 0.3) is 0 Å². The maximum atomic E-state index is 12.9. The third-order valence-corrected chi connectivity index (χ3v) is 5.65. The predicted molar refractivity (Wildman–Crippen MR) is 84.8 cm³/mol. The molecule has 0 spiro atoms. The third kappa shape index (κ3) is 2.45. The van der Waals surface area contributed by atoms with Gasteiger partial charge in [-0.05, 0) is 51.0 Å². The summed E-state index contributed by atoms with van der Waals surface area (Å²) < 4.78 is 7.45. The van der Waals surface area contributed by atoms with E-state index in [-0.39, 0.29) is 11.3 Å². The van der Waals surface area contributed by atoms with Gasteiger partial charge in [-0.2, -0.15) is 5.10 Å². The van der Waals surface area contributed by atoms with E-state index in [0.717, 1.165) is 44.5 Å². The van der Waals surface area contributed by atoms with Gasteiger partial charge in [-0.3, -0.25) is 9.48 Å². The smallest absolute Gasteiger partial charge is 0.274 e. The Morgan fingerprint density at radius 2 is 2.27 bits per heavy atom. The quantitative estimate of drug-likeness (QED) is 0.862. The van der Waals surface area contributed by atoms with Gasteiger partial charge in [-0.1, -0.05) is 6.92 Å². The number of ether oxygens (including phenoxy) is 1. The SMILES string of the molecule is CCn1nc(C(=O)N2CC[C@@]3(C)C[C@H](OC)CC[C@@H]23)cc1C. The molecule has 0 unspecified atom stereocenters. The second kappa shape index (κ2) is 5.69. The van der Waals surface area contributed by atoms with Crippen LogP contribution in [0.4, 0.5) is 0 Å². The normalized spacial score (nSPS) is 31.4. The molecule has 1 amide bonds. The average molecular weight is 305 g/mol. The van der Waals surface area contributed by atoms with Crippen molar-refractivity contribution < 1.29 is 9.53 Å². The molecule has 22 heavy (non-hydrogen) atoms. The van der Waals surface area contributed by atoms with Gasteiger partial charge >= 0.3 is 0 Å². The Kier molecular flexibility index (Phi) is 4.02. The molecule has 1 aromatic rings. The standard InChI is InChI=1S/C17H27N3O2/c1-5-20-12(2)10-14(18-20)16(21)19-9-8-17(3)11-13(22-4)6-7-15(17)19/h10,13,15H,5-9,11H2,1-4H3/t13-,15-,17+/m1/s1. The molecule has 3 rings (SSSR count). The van der Waals surface area contributed by atoms with Crippen molar-refractivity contribution in [1.82, 2.24) is 14.7 Å². The molecule has 2 heterocycles. The number of nitrogens with zero attached hydrogens (tertiary/aromatic N) is 3. The van der Waals surface area contributed by atoms with Crippen LogP contribution < -0.4 is 0 Å². The van der Waals surface area contributed by atoms with Crippen LogP contribution in [0.15, 0.2) is 6.07 Å². The van der Waals surface area contributed by atoms with Crippen molar-refractivity contribution in [3.63, 3.8) is 0 Å². The molecule has 122 valence electrons. The Balaban J connectivity index is 1.79. The zero-order valence-electron chi connectivity index (χ0n) is 14.1. The summed E-state index contributed by atoms with van der Waals surface area (Å²) in [5, 5.41) is 4.47. The van der Waals surface area contributed by atoms with Crippen LogP contribution >= 0.6 is 0 Å². The molecule has 0 N–H and O–H groups in total. The number of hydrogen-bond donors (Lipinski definition) is 0. The zero-order chi connectivity index (χ0) is 15.9. The maximum absolute atomic E-state index is 12.9. The molecule has 5 heteroatoms. The summed E-state index contributed by atoms with van der Waals surface area (Å²) in [5.41, 5.74) is 1.84. The van der Waals surface area contributed by atoms with Gasteiger partial charge in [0.2, 0.25) is 0 Å². The van der Waals surface area contributed by atoms with Crippen LogP contribution in [0.5, 0.6) is 0 Å². The van der Waals surface area contributed by atoms with E-state index in [4.69, 9.17) is 4.74 Å². The molecule has 0 bridgehead atoms. The minimum absolute atomic E-state index is 0.0971. The summed E-state index contributed by atoms with van der Waals surface area (Å²) in [6.07, 6.45) is 4.55. The van der Waals surface area contributed by atoms with Crippen molar-refractivity contribution in [3.8, 4) is 0 Å². The minimum Gasteiger partial charge on any atom is -0.381 e. The summed E-state index contributed by atoms with van der Waals surface area (Å²) in [6.45, 7) is 8.01. The van der Waals surface area contributed by atoms with Crippen LogP contribution in [0, 0.1) is 12.3 Å². The van der Waals surface area contributed by atoms with Gasteiger partial charge in [-0.15, -0.1) is 0 Å². The average Bonchev–Trinajstić information content (AvgIpc) is 3.05. The van der Waals surface area contributed by atoms with Crippen LogP contribution in [0.3, 0.4) is 0 Å². The molecule has 2 fully saturated rings. The van der Waals surface area contributed by atoms with Gasteiger partial charge in [0.05, 0.1) is 6.10 Å². The Labute approximate surface area is 132 Å². The first-order valence-electron chi connectivity index (χ1n) is 8.36. The lowest BCUT2D eigenvalue weighted by Gasteiger charge is -2.42.